The van der Waals surface area contributed by atoms with Gasteiger partial charge in [-0.25, -0.2) is 0 Å². The Morgan fingerprint density at radius 2 is 1.44 bits per heavy atom. The van der Waals surface area contributed by atoms with Gasteiger partial charge in [0.05, 0.1) is 0 Å². The van der Waals surface area contributed by atoms with Crippen LogP contribution in [0, 0.1) is 0 Å². The average molecular weight is 212 g/mol. The summed E-state index contributed by atoms with van der Waals surface area (Å²) < 4.78 is 0. The molecule has 0 saturated carbocycles. The van der Waals surface area contributed by atoms with Gasteiger partial charge in [0.2, 0.25) is 0 Å². The minimum absolute atomic E-state index is 0.0468. The van der Waals surface area contributed by atoms with Crippen molar-refractivity contribution in [2.75, 3.05) is 0 Å². The maximum Gasteiger partial charge on any atom is 0.194 e. The van der Waals surface area contributed by atoms with Crippen LogP contribution in [0.2, 0.25) is 0 Å². The van der Waals surface area contributed by atoms with Gasteiger partial charge in [0.15, 0.2) is 5.78 Å². The number of hydrogen-bond donors (Lipinski definition) is 0. The van der Waals surface area contributed by atoms with Crippen LogP contribution < -0.4 is 0 Å². The first-order chi connectivity index (χ1) is 7.79. The molecule has 2 rings (SSSR count). The minimum atomic E-state index is 0.0468. The topological polar surface area (TPSA) is 17.1 Å². The van der Waals surface area contributed by atoms with Crippen LogP contribution in [0.4, 0.5) is 0 Å². The van der Waals surface area contributed by atoms with Crippen LogP contribution in [0.3, 0.4) is 0 Å². The Morgan fingerprint density at radius 1 is 0.938 bits per heavy atom. The quantitative estimate of drug-likeness (QED) is 0.723. The van der Waals surface area contributed by atoms with Gasteiger partial charge in [-0.2, -0.15) is 0 Å². The van der Waals surface area contributed by atoms with E-state index in [1.54, 1.807) is 12.2 Å². The number of carbonyl (C=O) groups excluding carboxylic acids is 1. The number of hydrogen-bond acceptors (Lipinski definition) is 1. The fourth-order valence-corrected chi connectivity index (χ4v) is 1.75. The van der Waals surface area contributed by atoms with Crippen molar-refractivity contribution in [1.82, 2.24) is 0 Å². The molecule has 0 aromatic heterocycles. The molecule has 0 N–H and O–H groups in total. The Balaban J connectivity index is 0.000000606. The summed E-state index contributed by atoms with van der Waals surface area (Å²) >= 11 is 0. The third kappa shape index (κ3) is 1.76. The van der Waals surface area contributed by atoms with E-state index in [0.717, 1.165) is 16.7 Å². The van der Waals surface area contributed by atoms with E-state index in [2.05, 4.69) is 13.2 Å². The normalized spacial score (nSPS) is 12.8. The second-order valence-electron chi connectivity index (χ2n) is 3.11. The number of rotatable bonds is 2. The lowest BCUT2D eigenvalue weighted by Crippen LogP contribution is -1.95. The molecule has 1 aliphatic carbocycles. The van der Waals surface area contributed by atoms with Gasteiger partial charge >= 0.3 is 0 Å². The van der Waals surface area contributed by atoms with Crippen molar-refractivity contribution >= 4 is 11.4 Å². The van der Waals surface area contributed by atoms with Crippen molar-refractivity contribution in [3.63, 3.8) is 0 Å². The molecule has 0 radical (unpaired) electrons. The van der Waals surface area contributed by atoms with Gasteiger partial charge in [0.1, 0.15) is 0 Å². The highest BCUT2D eigenvalue weighted by molar-refractivity contribution is 6.23. The summed E-state index contributed by atoms with van der Waals surface area (Å²) in [6.07, 6.45) is 3.31. The first-order valence-electron chi connectivity index (χ1n) is 5.43. The van der Waals surface area contributed by atoms with Crippen molar-refractivity contribution in [3.05, 3.63) is 66.3 Å². The van der Waals surface area contributed by atoms with Crippen LogP contribution in [0.25, 0.3) is 5.57 Å². The molecule has 0 heterocycles. The molecule has 1 aromatic rings. The van der Waals surface area contributed by atoms with Gasteiger partial charge in [0, 0.05) is 11.1 Å². The van der Waals surface area contributed by atoms with Crippen LogP contribution in [0.15, 0.2) is 55.1 Å². The highest BCUT2D eigenvalue weighted by Crippen LogP contribution is 2.33. The number of benzene rings is 1. The lowest BCUT2D eigenvalue weighted by molar-refractivity contribution is 0.104. The third-order valence-corrected chi connectivity index (χ3v) is 2.40. The van der Waals surface area contributed by atoms with E-state index in [4.69, 9.17) is 0 Å². The number of allylic oxidation sites excluding steroid dienone is 4. The van der Waals surface area contributed by atoms with Gasteiger partial charge < -0.3 is 0 Å². The number of ketones is 1. The predicted molar refractivity (Wildman–Crippen MR) is 69.4 cm³/mol. The van der Waals surface area contributed by atoms with E-state index >= 15 is 0 Å². The first kappa shape index (κ1) is 12.2. The van der Waals surface area contributed by atoms with Crippen molar-refractivity contribution in [1.29, 1.82) is 0 Å². The van der Waals surface area contributed by atoms with Crippen LogP contribution in [0.1, 0.15) is 29.8 Å². The molecular formula is C15H16O. The van der Waals surface area contributed by atoms with Crippen molar-refractivity contribution in [2.24, 2.45) is 0 Å². The lowest BCUT2D eigenvalue weighted by atomic mass is 10.1. The van der Waals surface area contributed by atoms with Crippen molar-refractivity contribution in [2.45, 2.75) is 13.8 Å². The Kier molecular flexibility index (Phi) is 4.01. The Bertz CT molecular complexity index is 464. The molecule has 1 aromatic carbocycles. The molecular weight excluding hydrogens is 196 g/mol. The molecule has 0 spiro atoms. The highest BCUT2D eigenvalue weighted by Gasteiger charge is 2.25. The smallest absolute Gasteiger partial charge is 0.194 e. The van der Waals surface area contributed by atoms with Crippen LogP contribution in [-0.2, 0) is 0 Å². The third-order valence-electron chi connectivity index (χ3n) is 2.40. The molecule has 0 fully saturated rings. The van der Waals surface area contributed by atoms with Gasteiger partial charge in [-0.15, -0.1) is 0 Å². The van der Waals surface area contributed by atoms with Crippen LogP contribution >= 0.6 is 0 Å². The summed E-state index contributed by atoms with van der Waals surface area (Å²) in [7, 11) is 0. The van der Waals surface area contributed by atoms with E-state index in [-0.39, 0.29) is 5.78 Å². The molecule has 1 aliphatic rings. The summed E-state index contributed by atoms with van der Waals surface area (Å²) in [5.74, 6) is 0.0468. The highest BCUT2D eigenvalue weighted by atomic mass is 16.1. The fraction of sp³-hybridized carbons (Fsp3) is 0.133. The van der Waals surface area contributed by atoms with E-state index in [1.807, 2.05) is 38.1 Å². The Hall–Kier alpha value is -1.89. The maximum atomic E-state index is 11.8. The first-order valence-corrected chi connectivity index (χ1v) is 5.43. The molecule has 1 heteroatoms. The van der Waals surface area contributed by atoms with Gasteiger partial charge in [0.25, 0.3) is 0 Å². The van der Waals surface area contributed by atoms with Crippen molar-refractivity contribution < 1.29 is 4.79 Å². The largest absolute Gasteiger partial charge is 0.289 e. The summed E-state index contributed by atoms with van der Waals surface area (Å²) in [4.78, 5) is 11.8. The number of Topliss-reactive ketones (excluding diaryl/α,β-unsaturated/α-hetero) is 1. The zero-order valence-electron chi connectivity index (χ0n) is 9.79. The number of fused-ring (bicyclic) bond motifs is 1. The average Bonchev–Trinajstić information content (AvgIpc) is 2.64. The summed E-state index contributed by atoms with van der Waals surface area (Å²) in [6.45, 7) is 11.4. The second kappa shape index (κ2) is 5.26. The van der Waals surface area contributed by atoms with Gasteiger partial charge in [-0.05, 0) is 11.1 Å². The van der Waals surface area contributed by atoms with Crippen LogP contribution in [-0.4, -0.2) is 5.78 Å². The fourth-order valence-electron chi connectivity index (χ4n) is 1.75. The van der Waals surface area contributed by atoms with E-state index in [0.29, 0.717) is 5.57 Å². The van der Waals surface area contributed by atoms with Crippen molar-refractivity contribution in [3.8, 4) is 0 Å². The standard InChI is InChI=1S/C13H10O.C2H6/c1-3-9-10(4-2)13(14)12-8-6-5-7-11(9)12;1-2/h3-8H,1-2H2;1-2H3. The van der Waals surface area contributed by atoms with Gasteiger partial charge in [-0.3, -0.25) is 4.79 Å². The molecule has 0 aliphatic heterocycles. The lowest BCUT2D eigenvalue weighted by Gasteiger charge is -1.97. The molecule has 0 atom stereocenters. The second-order valence-corrected chi connectivity index (χ2v) is 3.11. The molecule has 1 nitrogen and oxygen atoms in total. The van der Waals surface area contributed by atoms with Gasteiger partial charge in [-0.1, -0.05) is 63.4 Å². The number of carbonyl (C=O) groups is 1. The molecule has 0 saturated heterocycles. The zero-order chi connectivity index (χ0) is 12.1. The molecule has 0 unspecified atom stereocenters. The predicted octanol–water partition coefficient (Wildman–Crippen LogP) is 4.03. The summed E-state index contributed by atoms with van der Waals surface area (Å²) in [5, 5.41) is 0. The van der Waals surface area contributed by atoms with Crippen LogP contribution in [0.5, 0.6) is 0 Å². The minimum Gasteiger partial charge on any atom is -0.289 e. The monoisotopic (exact) mass is 212 g/mol. The zero-order valence-corrected chi connectivity index (χ0v) is 9.79. The Labute approximate surface area is 96.8 Å². The Morgan fingerprint density at radius 3 is 1.94 bits per heavy atom. The molecule has 0 bridgehead atoms. The maximum absolute atomic E-state index is 11.8. The van der Waals surface area contributed by atoms with E-state index in [1.165, 1.54) is 0 Å². The SMILES string of the molecule is C=CC1=C(C=C)c2ccccc2C1=O.CC. The van der Waals surface area contributed by atoms with E-state index < -0.39 is 0 Å². The molecule has 16 heavy (non-hydrogen) atoms. The molecule has 82 valence electrons. The summed E-state index contributed by atoms with van der Waals surface area (Å²) in [5.41, 5.74) is 3.25. The van der Waals surface area contributed by atoms with E-state index in [9.17, 15) is 4.79 Å². The molecule has 0 amide bonds. The summed E-state index contributed by atoms with van der Waals surface area (Å²) in [6, 6.07) is 7.55.